The standard InChI is InChI=1S/C18H23NO3S/c1-2-3-4-5-6-7-12-22-15-10-8-14(9-11-15)13-16-17(20)19-18(21)23-16/h8-11,13H,2-7,12H2,1H3,(H,19,20,21). The number of amides is 2. The molecule has 1 aliphatic rings. The molecule has 1 aliphatic heterocycles. The van der Waals surface area contributed by atoms with Crippen LogP contribution in [0.5, 0.6) is 5.75 Å². The minimum Gasteiger partial charge on any atom is -0.494 e. The van der Waals surface area contributed by atoms with E-state index < -0.39 is 0 Å². The highest BCUT2D eigenvalue weighted by atomic mass is 32.2. The lowest BCUT2D eigenvalue weighted by Crippen LogP contribution is -2.17. The van der Waals surface area contributed by atoms with Gasteiger partial charge in [-0.15, -0.1) is 0 Å². The van der Waals surface area contributed by atoms with Crippen LogP contribution in [0.3, 0.4) is 0 Å². The maximum absolute atomic E-state index is 11.5. The number of unbranched alkanes of at least 4 members (excludes halogenated alkanes) is 5. The fraction of sp³-hybridized carbons (Fsp3) is 0.444. The van der Waals surface area contributed by atoms with Gasteiger partial charge in [0.25, 0.3) is 11.1 Å². The Morgan fingerprint density at radius 2 is 1.74 bits per heavy atom. The van der Waals surface area contributed by atoms with Crippen LogP contribution in [0.4, 0.5) is 4.79 Å². The van der Waals surface area contributed by atoms with Crippen molar-refractivity contribution in [3.05, 3.63) is 34.7 Å². The van der Waals surface area contributed by atoms with Crippen LogP contribution in [-0.4, -0.2) is 17.8 Å². The van der Waals surface area contributed by atoms with Crippen molar-refractivity contribution in [2.75, 3.05) is 6.61 Å². The molecule has 1 N–H and O–H groups in total. The second-order valence-electron chi connectivity index (χ2n) is 5.54. The molecular formula is C18H23NO3S. The number of rotatable bonds is 9. The van der Waals surface area contributed by atoms with E-state index in [1.807, 2.05) is 24.3 Å². The van der Waals surface area contributed by atoms with E-state index in [0.717, 1.165) is 36.1 Å². The quantitative estimate of drug-likeness (QED) is 0.523. The van der Waals surface area contributed by atoms with Crippen molar-refractivity contribution in [2.45, 2.75) is 45.4 Å². The minimum absolute atomic E-state index is 0.319. The zero-order valence-corrected chi connectivity index (χ0v) is 14.3. The van der Waals surface area contributed by atoms with Crippen molar-refractivity contribution in [3.8, 4) is 5.75 Å². The van der Waals surface area contributed by atoms with Crippen LogP contribution in [0.1, 0.15) is 51.0 Å². The first-order valence-electron chi connectivity index (χ1n) is 8.17. The summed E-state index contributed by atoms with van der Waals surface area (Å²) in [5, 5.41) is 1.92. The maximum Gasteiger partial charge on any atom is 0.290 e. The normalized spacial score (nSPS) is 16.0. The Bertz CT molecular complexity index is 566. The molecule has 1 heterocycles. The van der Waals surface area contributed by atoms with Gasteiger partial charge in [-0.2, -0.15) is 0 Å². The van der Waals surface area contributed by atoms with E-state index in [2.05, 4.69) is 12.2 Å². The third kappa shape index (κ3) is 6.10. The summed E-state index contributed by atoms with van der Waals surface area (Å²) >= 11 is 0.928. The van der Waals surface area contributed by atoms with E-state index in [0.29, 0.717) is 4.91 Å². The molecule has 2 rings (SSSR count). The Kier molecular flexibility index (Phi) is 7.20. The largest absolute Gasteiger partial charge is 0.494 e. The molecule has 0 aromatic heterocycles. The summed E-state index contributed by atoms with van der Waals surface area (Å²) in [6, 6.07) is 7.56. The monoisotopic (exact) mass is 333 g/mol. The van der Waals surface area contributed by atoms with E-state index in [9.17, 15) is 9.59 Å². The van der Waals surface area contributed by atoms with Gasteiger partial charge in [-0.25, -0.2) is 0 Å². The number of carbonyl (C=O) groups is 2. The molecule has 124 valence electrons. The Hall–Kier alpha value is -1.75. The highest BCUT2D eigenvalue weighted by molar-refractivity contribution is 8.18. The molecule has 0 atom stereocenters. The summed E-state index contributed by atoms with van der Waals surface area (Å²) in [7, 11) is 0. The topological polar surface area (TPSA) is 55.4 Å². The van der Waals surface area contributed by atoms with Crippen molar-refractivity contribution < 1.29 is 14.3 Å². The van der Waals surface area contributed by atoms with Gasteiger partial charge in [0.2, 0.25) is 0 Å². The number of benzene rings is 1. The molecule has 0 radical (unpaired) electrons. The van der Waals surface area contributed by atoms with Gasteiger partial charge in [-0.1, -0.05) is 51.2 Å². The molecule has 1 aromatic rings. The van der Waals surface area contributed by atoms with Gasteiger partial charge < -0.3 is 4.74 Å². The number of hydrogen-bond donors (Lipinski definition) is 1. The first-order chi connectivity index (χ1) is 11.2. The van der Waals surface area contributed by atoms with E-state index in [1.165, 1.54) is 32.1 Å². The third-order valence-corrected chi connectivity index (χ3v) is 4.40. The Labute approximate surface area is 141 Å². The van der Waals surface area contributed by atoms with Crippen LogP contribution in [0, 0.1) is 0 Å². The molecule has 1 saturated heterocycles. The van der Waals surface area contributed by atoms with E-state index in [-0.39, 0.29) is 11.1 Å². The fourth-order valence-corrected chi connectivity index (χ4v) is 2.99. The molecule has 0 unspecified atom stereocenters. The highest BCUT2D eigenvalue weighted by Crippen LogP contribution is 2.26. The van der Waals surface area contributed by atoms with Crippen molar-refractivity contribution in [1.29, 1.82) is 0 Å². The number of ether oxygens (including phenoxy) is 1. The van der Waals surface area contributed by atoms with Crippen molar-refractivity contribution >= 4 is 29.0 Å². The molecule has 1 aromatic carbocycles. The van der Waals surface area contributed by atoms with Gasteiger partial charge in [0, 0.05) is 0 Å². The van der Waals surface area contributed by atoms with Gasteiger partial charge in [0.1, 0.15) is 5.75 Å². The molecule has 2 amide bonds. The SMILES string of the molecule is CCCCCCCCOc1ccc(C=C2SC(=O)NC2=O)cc1. The molecular weight excluding hydrogens is 310 g/mol. The molecule has 4 nitrogen and oxygen atoms in total. The lowest BCUT2D eigenvalue weighted by atomic mass is 10.1. The predicted octanol–water partition coefficient (Wildman–Crippen LogP) is 4.75. The van der Waals surface area contributed by atoms with Crippen molar-refractivity contribution in [3.63, 3.8) is 0 Å². The summed E-state index contributed by atoms with van der Waals surface area (Å²) in [6.45, 7) is 2.96. The molecule has 1 fully saturated rings. The molecule has 0 saturated carbocycles. The van der Waals surface area contributed by atoms with Crippen molar-refractivity contribution in [1.82, 2.24) is 5.32 Å². The highest BCUT2D eigenvalue weighted by Gasteiger charge is 2.24. The molecule has 23 heavy (non-hydrogen) atoms. The van der Waals surface area contributed by atoms with Gasteiger partial charge in [-0.3, -0.25) is 14.9 Å². The van der Waals surface area contributed by atoms with E-state index >= 15 is 0 Å². The second-order valence-corrected chi connectivity index (χ2v) is 6.55. The van der Waals surface area contributed by atoms with E-state index in [1.54, 1.807) is 6.08 Å². The summed E-state index contributed by atoms with van der Waals surface area (Å²) in [5.74, 6) is 0.503. The zero-order valence-electron chi connectivity index (χ0n) is 13.5. The summed E-state index contributed by atoms with van der Waals surface area (Å²) in [5.41, 5.74) is 0.879. The second kappa shape index (κ2) is 9.40. The Morgan fingerprint density at radius 1 is 1.04 bits per heavy atom. The van der Waals surface area contributed by atoms with Crippen LogP contribution in [0.25, 0.3) is 6.08 Å². The summed E-state index contributed by atoms with van der Waals surface area (Å²) in [6.07, 6.45) is 9.19. The zero-order chi connectivity index (χ0) is 16.5. The minimum atomic E-state index is -0.330. The Balaban J connectivity index is 1.73. The number of nitrogens with one attached hydrogen (secondary N) is 1. The molecule has 0 bridgehead atoms. The average molecular weight is 333 g/mol. The average Bonchev–Trinajstić information content (AvgIpc) is 2.85. The van der Waals surface area contributed by atoms with Gasteiger partial charge >= 0.3 is 0 Å². The third-order valence-electron chi connectivity index (χ3n) is 3.59. The van der Waals surface area contributed by atoms with Gasteiger partial charge in [0.15, 0.2) is 0 Å². The lowest BCUT2D eigenvalue weighted by molar-refractivity contribution is -0.115. The van der Waals surface area contributed by atoms with E-state index in [4.69, 9.17) is 4.74 Å². The van der Waals surface area contributed by atoms with Crippen LogP contribution in [-0.2, 0) is 4.79 Å². The van der Waals surface area contributed by atoms with Crippen molar-refractivity contribution in [2.24, 2.45) is 0 Å². The maximum atomic E-state index is 11.5. The molecule has 0 aliphatic carbocycles. The van der Waals surface area contributed by atoms with Crippen LogP contribution in [0.15, 0.2) is 29.2 Å². The number of carbonyl (C=O) groups excluding carboxylic acids is 2. The fourth-order valence-electron chi connectivity index (χ4n) is 2.31. The molecule has 0 spiro atoms. The Morgan fingerprint density at radius 3 is 2.39 bits per heavy atom. The predicted molar refractivity (Wildman–Crippen MR) is 94.4 cm³/mol. The molecule has 5 heteroatoms. The van der Waals surface area contributed by atoms with Crippen LogP contribution in [0.2, 0.25) is 0 Å². The first kappa shape index (κ1) is 17.6. The number of imide groups is 1. The smallest absolute Gasteiger partial charge is 0.290 e. The number of hydrogen-bond acceptors (Lipinski definition) is 4. The lowest BCUT2D eigenvalue weighted by Gasteiger charge is -2.06. The van der Waals surface area contributed by atoms with Gasteiger partial charge in [-0.05, 0) is 42.0 Å². The van der Waals surface area contributed by atoms with Gasteiger partial charge in [0.05, 0.1) is 11.5 Å². The van der Waals surface area contributed by atoms with Crippen LogP contribution < -0.4 is 10.1 Å². The summed E-state index contributed by atoms with van der Waals surface area (Å²) in [4.78, 5) is 23.0. The summed E-state index contributed by atoms with van der Waals surface area (Å²) < 4.78 is 5.72. The number of thioether (sulfide) groups is 1. The van der Waals surface area contributed by atoms with Crippen LogP contribution >= 0.6 is 11.8 Å². The first-order valence-corrected chi connectivity index (χ1v) is 8.98.